The molecule has 0 spiro atoms. The molecule has 10 heteroatoms. The number of ether oxygens (including phenoxy) is 1. The van der Waals surface area contributed by atoms with Crippen LogP contribution in [0.2, 0.25) is 0 Å². The number of hydrogen-bond acceptors (Lipinski definition) is 7. The Morgan fingerprint density at radius 2 is 1.54 bits per heavy atom. The van der Waals surface area contributed by atoms with E-state index in [0.717, 1.165) is 29.6 Å². The normalized spacial score (nSPS) is 13.9. The molecule has 0 N–H and O–H groups in total. The largest absolute Gasteiger partial charge is 0.495 e. The van der Waals surface area contributed by atoms with Gasteiger partial charge in [-0.05, 0) is 12.1 Å². The van der Waals surface area contributed by atoms with Crippen molar-refractivity contribution in [2.75, 3.05) is 38.2 Å². The van der Waals surface area contributed by atoms with Gasteiger partial charge in [-0.2, -0.15) is 0 Å². The topological polar surface area (TPSA) is 119 Å². The number of nitro benzene ring substituents is 2. The Bertz CT molecular complexity index is 892. The highest BCUT2D eigenvalue weighted by Gasteiger charge is 2.26. The fourth-order valence-electron chi connectivity index (χ4n) is 3.15. The van der Waals surface area contributed by atoms with E-state index in [1.54, 1.807) is 7.11 Å². The van der Waals surface area contributed by atoms with Crippen LogP contribution < -0.4 is 9.64 Å². The van der Waals surface area contributed by atoms with E-state index in [0.29, 0.717) is 26.2 Å². The summed E-state index contributed by atoms with van der Waals surface area (Å²) >= 11 is 0. The van der Waals surface area contributed by atoms with Crippen molar-refractivity contribution in [2.24, 2.45) is 0 Å². The average molecular weight is 386 g/mol. The third-order valence-electron chi connectivity index (χ3n) is 4.56. The summed E-state index contributed by atoms with van der Waals surface area (Å²) in [5, 5.41) is 22.1. The molecule has 0 radical (unpaired) electrons. The molecule has 0 aliphatic carbocycles. The third-order valence-corrected chi connectivity index (χ3v) is 4.56. The van der Waals surface area contributed by atoms with Crippen molar-refractivity contribution in [2.45, 2.75) is 0 Å². The van der Waals surface area contributed by atoms with Gasteiger partial charge in [-0.25, -0.2) is 0 Å². The van der Waals surface area contributed by atoms with Gasteiger partial charge in [-0.1, -0.05) is 12.1 Å². The molecule has 0 atom stereocenters. The number of anilines is 1. The predicted molar refractivity (Wildman–Crippen MR) is 101 cm³/mol. The van der Waals surface area contributed by atoms with Gasteiger partial charge < -0.3 is 14.5 Å². The van der Waals surface area contributed by atoms with E-state index in [4.69, 9.17) is 4.74 Å². The summed E-state index contributed by atoms with van der Waals surface area (Å²) in [6.45, 7) is 1.85. The van der Waals surface area contributed by atoms with Crippen molar-refractivity contribution in [3.05, 3.63) is 68.3 Å². The van der Waals surface area contributed by atoms with Gasteiger partial charge in [0.2, 0.25) is 0 Å². The average Bonchev–Trinajstić information content (AvgIpc) is 2.72. The SMILES string of the molecule is COc1ccccc1N1CCN(C(=O)c2cc([N+](=O)[O-])cc([N+](=O)[O-])c2)CC1. The maximum atomic E-state index is 12.8. The first kappa shape index (κ1) is 19.1. The number of carbonyl (C=O) groups excluding carboxylic acids is 1. The Balaban J connectivity index is 1.77. The molecule has 0 aromatic heterocycles. The lowest BCUT2D eigenvalue weighted by atomic mass is 10.1. The Morgan fingerprint density at radius 3 is 2.07 bits per heavy atom. The summed E-state index contributed by atoms with van der Waals surface area (Å²) in [5.41, 5.74) is -0.106. The number of amides is 1. The van der Waals surface area contributed by atoms with E-state index in [1.165, 1.54) is 4.90 Å². The summed E-state index contributed by atoms with van der Waals surface area (Å²) in [5.74, 6) is 0.267. The summed E-state index contributed by atoms with van der Waals surface area (Å²) in [4.78, 5) is 36.9. The molecule has 28 heavy (non-hydrogen) atoms. The number of rotatable bonds is 5. The maximum absolute atomic E-state index is 12.8. The van der Waals surface area contributed by atoms with E-state index < -0.39 is 27.1 Å². The van der Waals surface area contributed by atoms with Crippen LogP contribution in [-0.4, -0.2) is 53.9 Å². The molecule has 0 unspecified atom stereocenters. The minimum atomic E-state index is -0.747. The quantitative estimate of drug-likeness (QED) is 0.572. The summed E-state index contributed by atoms with van der Waals surface area (Å²) < 4.78 is 5.36. The number of nitro groups is 2. The Hall–Kier alpha value is -3.69. The van der Waals surface area contributed by atoms with Crippen molar-refractivity contribution in [3.63, 3.8) is 0 Å². The standard InChI is InChI=1S/C18H18N4O6/c1-28-17-5-3-2-4-16(17)19-6-8-20(9-7-19)18(23)13-10-14(21(24)25)12-15(11-13)22(26)27/h2-5,10-12H,6-9H2,1H3. The van der Waals surface area contributed by atoms with E-state index in [9.17, 15) is 25.0 Å². The van der Waals surface area contributed by atoms with E-state index >= 15 is 0 Å². The molecule has 146 valence electrons. The fraction of sp³-hybridized carbons (Fsp3) is 0.278. The summed E-state index contributed by atoms with van der Waals surface area (Å²) in [6.07, 6.45) is 0. The van der Waals surface area contributed by atoms with Gasteiger partial charge in [-0.3, -0.25) is 25.0 Å². The first-order valence-electron chi connectivity index (χ1n) is 8.52. The van der Waals surface area contributed by atoms with Gasteiger partial charge >= 0.3 is 0 Å². The van der Waals surface area contributed by atoms with Crippen LogP contribution in [0.25, 0.3) is 0 Å². The molecule has 0 bridgehead atoms. The molecule has 0 saturated carbocycles. The lowest BCUT2D eigenvalue weighted by molar-refractivity contribution is -0.394. The number of nitrogens with zero attached hydrogens (tertiary/aromatic N) is 4. The lowest BCUT2D eigenvalue weighted by Gasteiger charge is -2.36. The van der Waals surface area contributed by atoms with Crippen molar-refractivity contribution in [1.29, 1.82) is 0 Å². The van der Waals surface area contributed by atoms with Crippen LogP contribution in [0.5, 0.6) is 5.75 Å². The van der Waals surface area contributed by atoms with Crippen LogP contribution in [0.15, 0.2) is 42.5 Å². The molecule has 2 aromatic rings. The second-order valence-corrected chi connectivity index (χ2v) is 6.20. The van der Waals surface area contributed by atoms with Crippen molar-refractivity contribution >= 4 is 23.0 Å². The first-order chi connectivity index (χ1) is 13.4. The molecule has 1 heterocycles. The number of methoxy groups -OCH3 is 1. The zero-order valence-electron chi connectivity index (χ0n) is 15.1. The van der Waals surface area contributed by atoms with Crippen LogP contribution >= 0.6 is 0 Å². The van der Waals surface area contributed by atoms with Crippen LogP contribution in [0.1, 0.15) is 10.4 Å². The second-order valence-electron chi connectivity index (χ2n) is 6.20. The van der Waals surface area contributed by atoms with Crippen LogP contribution in [0.4, 0.5) is 17.1 Å². The Morgan fingerprint density at radius 1 is 0.964 bits per heavy atom. The van der Waals surface area contributed by atoms with Gasteiger partial charge in [0.25, 0.3) is 17.3 Å². The van der Waals surface area contributed by atoms with Crippen molar-refractivity contribution in [1.82, 2.24) is 4.90 Å². The minimum absolute atomic E-state index is 0.0633. The number of non-ortho nitro benzene ring substituents is 2. The molecule has 1 saturated heterocycles. The van der Waals surface area contributed by atoms with E-state index in [-0.39, 0.29) is 5.56 Å². The van der Waals surface area contributed by atoms with Gasteiger partial charge in [0, 0.05) is 38.3 Å². The van der Waals surface area contributed by atoms with Crippen LogP contribution in [0.3, 0.4) is 0 Å². The fourth-order valence-corrected chi connectivity index (χ4v) is 3.15. The molecule has 1 amide bonds. The van der Waals surface area contributed by atoms with E-state index in [1.807, 2.05) is 24.3 Å². The maximum Gasteiger partial charge on any atom is 0.277 e. The number of hydrogen-bond donors (Lipinski definition) is 0. The van der Waals surface area contributed by atoms with Gasteiger partial charge in [0.05, 0.1) is 34.3 Å². The monoisotopic (exact) mass is 386 g/mol. The van der Waals surface area contributed by atoms with Crippen LogP contribution in [0, 0.1) is 20.2 Å². The molecular weight excluding hydrogens is 368 g/mol. The smallest absolute Gasteiger partial charge is 0.277 e. The number of carbonyl (C=O) groups is 1. The molecular formula is C18H18N4O6. The highest BCUT2D eigenvalue weighted by atomic mass is 16.6. The highest BCUT2D eigenvalue weighted by molar-refractivity contribution is 5.95. The second kappa shape index (κ2) is 7.91. The Labute approximate surface area is 160 Å². The molecule has 10 nitrogen and oxygen atoms in total. The van der Waals surface area contributed by atoms with Crippen LogP contribution in [-0.2, 0) is 0 Å². The zero-order chi connectivity index (χ0) is 20.3. The summed E-state index contributed by atoms with van der Waals surface area (Å²) in [7, 11) is 1.59. The minimum Gasteiger partial charge on any atom is -0.495 e. The molecule has 1 fully saturated rings. The van der Waals surface area contributed by atoms with Crippen molar-refractivity contribution < 1.29 is 19.4 Å². The van der Waals surface area contributed by atoms with E-state index in [2.05, 4.69) is 4.90 Å². The number of para-hydroxylation sites is 2. The highest BCUT2D eigenvalue weighted by Crippen LogP contribution is 2.29. The molecule has 3 rings (SSSR count). The Kier molecular flexibility index (Phi) is 5.39. The zero-order valence-corrected chi connectivity index (χ0v) is 15.1. The molecule has 1 aliphatic heterocycles. The van der Waals surface area contributed by atoms with Gasteiger partial charge in [-0.15, -0.1) is 0 Å². The lowest BCUT2D eigenvalue weighted by Crippen LogP contribution is -2.48. The summed E-state index contributed by atoms with van der Waals surface area (Å²) in [6, 6.07) is 10.5. The molecule has 1 aliphatic rings. The molecule has 2 aromatic carbocycles. The van der Waals surface area contributed by atoms with Gasteiger partial charge in [0.1, 0.15) is 5.75 Å². The first-order valence-corrected chi connectivity index (χ1v) is 8.52. The predicted octanol–water partition coefficient (Wildman–Crippen LogP) is 2.47. The van der Waals surface area contributed by atoms with Gasteiger partial charge in [0.15, 0.2) is 0 Å². The third kappa shape index (κ3) is 3.85. The number of piperazine rings is 1. The number of benzene rings is 2. The van der Waals surface area contributed by atoms with Crippen molar-refractivity contribution in [3.8, 4) is 5.75 Å².